The largest absolute Gasteiger partial charge is 0.481 e. The molecule has 1 aromatic rings. The number of amides is 2. The smallest absolute Gasteiger partial charge is 0.311 e. The molecule has 3 aliphatic rings. The van der Waals surface area contributed by atoms with Gasteiger partial charge in [0.25, 0.3) is 11.1 Å². The number of aliphatic hydroxyl groups excluding tert-OH is 1. The summed E-state index contributed by atoms with van der Waals surface area (Å²) in [6.45, 7) is -0.291. The number of ether oxygens (including phenoxy) is 1. The van der Waals surface area contributed by atoms with Gasteiger partial charge >= 0.3 is 11.9 Å². The molecule has 0 spiro atoms. The van der Waals surface area contributed by atoms with Crippen molar-refractivity contribution < 1.29 is 34.1 Å². The lowest BCUT2D eigenvalue weighted by Gasteiger charge is -2.11. The molecule has 0 atom stereocenters. The van der Waals surface area contributed by atoms with Crippen LogP contribution < -0.4 is 10.1 Å². The quantitative estimate of drug-likeness (QED) is 0.225. The summed E-state index contributed by atoms with van der Waals surface area (Å²) in [7, 11) is 0. The number of benzene rings is 1. The Morgan fingerprint density at radius 2 is 1.61 bits per heavy atom. The molecule has 4 rings (SSSR count). The molecule has 0 bridgehead atoms. The van der Waals surface area contributed by atoms with Crippen molar-refractivity contribution in [3.8, 4) is 5.75 Å². The molecule has 3 fully saturated rings. The number of nitrogens with one attached hydrogen (secondary N) is 1. The van der Waals surface area contributed by atoms with E-state index in [9.17, 15) is 24.3 Å². The zero-order valence-electron chi connectivity index (χ0n) is 20.5. The van der Waals surface area contributed by atoms with Crippen molar-refractivity contribution in [3.63, 3.8) is 0 Å². The van der Waals surface area contributed by atoms with Gasteiger partial charge in [0.1, 0.15) is 5.75 Å². The molecule has 1 aliphatic heterocycles. The van der Waals surface area contributed by atoms with Gasteiger partial charge in [-0.1, -0.05) is 57.4 Å². The summed E-state index contributed by atoms with van der Waals surface area (Å²) < 4.78 is 5.40. The zero-order valence-corrected chi connectivity index (χ0v) is 21.3. The number of aliphatic carboxylic acids is 1. The van der Waals surface area contributed by atoms with Gasteiger partial charge in [0, 0.05) is 18.4 Å². The first-order chi connectivity index (χ1) is 17.3. The molecule has 9 heteroatoms. The van der Waals surface area contributed by atoms with E-state index in [0.29, 0.717) is 40.5 Å². The summed E-state index contributed by atoms with van der Waals surface area (Å²) in [5.74, 6) is 0.280. The molecule has 196 valence electrons. The lowest BCUT2D eigenvalue weighted by Crippen LogP contribution is -2.17. The molecule has 0 unspecified atom stereocenters. The molecule has 3 N–H and O–H groups in total. The molecule has 1 aromatic carbocycles. The van der Waals surface area contributed by atoms with Gasteiger partial charge in [-0.15, -0.1) is 0 Å². The van der Waals surface area contributed by atoms with E-state index in [1.165, 1.54) is 51.4 Å². The fourth-order valence-corrected chi connectivity index (χ4v) is 5.59. The van der Waals surface area contributed by atoms with Crippen LogP contribution >= 0.6 is 11.8 Å². The Kier molecular flexibility index (Phi) is 11.0. The van der Waals surface area contributed by atoms with E-state index < -0.39 is 17.1 Å². The molecule has 36 heavy (non-hydrogen) atoms. The molecular weight excluding hydrogens is 482 g/mol. The highest BCUT2D eigenvalue weighted by Crippen LogP contribution is 2.30. The number of hydrogen-bond donors (Lipinski definition) is 3. The van der Waals surface area contributed by atoms with E-state index >= 15 is 0 Å². The standard InChI is InChI=1S/C19H21NO5S.C8H14O2/c21-11-14-9-13(10-16-18(23)20-19(24)26-16)5-7-15(14)25-17(22)8-6-12-3-1-2-4-12;9-8(10)6-5-7-3-1-2-4-7/h5,7,9-10,12,21H,1-4,6,8,11H2,(H,20,23,24);7H,1-6H2,(H,9,10)/b16-10-;. The molecule has 8 nitrogen and oxygen atoms in total. The SMILES string of the molecule is O=C(CCC1CCCC1)Oc1ccc(/C=C2\SC(=O)NC2=O)cc1CO.O=C(O)CCC1CCCC1. The molecule has 2 amide bonds. The Bertz CT molecular complexity index is 978. The summed E-state index contributed by atoms with van der Waals surface area (Å²) in [4.78, 5) is 45.3. The van der Waals surface area contributed by atoms with E-state index in [1.54, 1.807) is 24.3 Å². The number of esters is 1. The third-order valence-corrected chi connectivity index (χ3v) is 7.70. The van der Waals surface area contributed by atoms with E-state index in [4.69, 9.17) is 9.84 Å². The number of carbonyl (C=O) groups excluding carboxylic acids is 3. The molecule has 1 saturated heterocycles. The van der Waals surface area contributed by atoms with Crippen LogP contribution in [-0.2, 0) is 21.0 Å². The first kappa shape index (κ1) is 27.9. The third kappa shape index (κ3) is 9.09. The Hall–Kier alpha value is -2.65. The van der Waals surface area contributed by atoms with E-state index in [1.807, 2.05) is 0 Å². The molecule has 0 radical (unpaired) electrons. The molecule has 1 heterocycles. The van der Waals surface area contributed by atoms with Gasteiger partial charge in [-0.2, -0.15) is 0 Å². The summed E-state index contributed by atoms with van der Waals surface area (Å²) in [5.41, 5.74) is 1.11. The van der Waals surface area contributed by atoms with Crippen LogP contribution in [0, 0.1) is 11.8 Å². The van der Waals surface area contributed by atoms with Crippen LogP contribution in [0.5, 0.6) is 5.75 Å². The van der Waals surface area contributed by atoms with Gasteiger partial charge in [0.15, 0.2) is 0 Å². The predicted octanol–water partition coefficient (Wildman–Crippen LogP) is 5.42. The number of carbonyl (C=O) groups is 4. The summed E-state index contributed by atoms with van der Waals surface area (Å²) in [5, 5.41) is 19.7. The summed E-state index contributed by atoms with van der Waals surface area (Å²) in [6.07, 6.45) is 14.0. The number of carboxylic acid groups (broad SMARTS) is 1. The minimum atomic E-state index is -0.646. The Morgan fingerprint density at radius 3 is 2.14 bits per heavy atom. The Morgan fingerprint density at radius 1 is 1.00 bits per heavy atom. The average Bonchev–Trinajstić information content (AvgIpc) is 3.61. The topological polar surface area (TPSA) is 130 Å². The number of carboxylic acids is 1. The highest BCUT2D eigenvalue weighted by Gasteiger charge is 2.25. The van der Waals surface area contributed by atoms with Gasteiger partial charge < -0.3 is 14.9 Å². The lowest BCUT2D eigenvalue weighted by molar-refractivity contribution is -0.137. The maximum absolute atomic E-state index is 12.1. The van der Waals surface area contributed by atoms with Gasteiger partial charge in [-0.25, -0.2) is 0 Å². The van der Waals surface area contributed by atoms with Gasteiger partial charge in [0.05, 0.1) is 11.5 Å². The molecular formula is C27H35NO7S. The average molecular weight is 518 g/mol. The molecule has 2 saturated carbocycles. The first-order valence-corrected chi connectivity index (χ1v) is 13.6. The van der Waals surface area contributed by atoms with Gasteiger partial charge in [0.2, 0.25) is 0 Å². The van der Waals surface area contributed by atoms with Crippen molar-refractivity contribution in [2.24, 2.45) is 11.8 Å². The van der Waals surface area contributed by atoms with Crippen LogP contribution in [0.2, 0.25) is 0 Å². The summed E-state index contributed by atoms with van der Waals surface area (Å²) in [6, 6.07) is 4.93. The maximum Gasteiger partial charge on any atom is 0.311 e. The van der Waals surface area contributed by atoms with Crippen LogP contribution in [0.1, 0.15) is 88.2 Å². The van der Waals surface area contributed by atoms with Crippen molar-refractivity contribution in [2.75, 3.05) is 0 Å². The van der Waals surface area contributed by atoms with Crippen LogP contribution in [0.25, 0.3) is 6.08 Å². The van der Waals surface area contributed by atoms with E-state index in [2.05, 4.69) is 5.32 Å². The van der Waals surface area contributed by atoms with Crippen LogP contribution in [0.15, 0.2) is 23.1 Å². The van der Waals surface area contributed by atoms with Crippen LogP contribution in [0.3, 0.4) is 0 Å². The summed E-state index contributed by atoms with van der Waals surface area (Å²) >= 11 is 0.829. The number of imide groups is 1. The Labute approximate surface area is 215 Å². The second-order valence-corrected chi connectivity index (χ2v) is 10.6. The monoisotopic (exact) mass is 517 g/mol. The number of aliphatic hydroxyl groups is 1. The third-order valence-electron chi connectivity index (χ3n) is 6.89. The normalized spacial score (nSPS) is 19.3. The van der Waals surface area contributed by atoms with E-state index in [-0.39, 0.29) is 12.6 Å². The molecule has 0 aromatic heterocycles. The number of hydrogen-bond acceptors (Lipinski definition) is 7. The van der Waals surface area contributed by atoms with Crippen molar-refractivity contribution in [1.29, 1.82) is 0 Å². The zero-order chi connectivity index (χ0) is 25.9. The Balaban J connectivity index is 0.000000303. The molecule has 2 aliphatic carbocycles. The minimum Gasteiger partial charge on any atom is -0.481 e. The second kappa shape index (κ2) is 14.2. The van der Waals surface area contributed by atoms with Crippen molar-refractivity contribution >= 4 is 40.9 Å². The predicted molar refractivity (Wildman–Crippen MR) is 137 cm³/mol. The van der Waals surface area contributed by atoms with Gasteiger partial charge in [-0.3, -0.25) is 24.5 Å². The van der Waals surface area contributed by atoms with Crippen LogP contribution in [-0.4, -0.2) is 33.3 Å². The van der Waals surface area contributed by atoms with E-state index in [0.717, 1.165) is 30.5 Å². The fourth-order valence-electron chi connectivity index (χ4n) is 4.91. The fraction of sp³-hybridized carbons (Fsp3) is 0.556. The minimum absolute atomic E-state index is 0.291. The maximum atomic E-state index is 12.1. The second-order valence-electron chi connectivity index (χ2n) is 9.62. The highest BCUT2D eigenvalue weighted by atomic mass is 32.2. The lowest BCUT2D eigenvalue weighted by atomic mass is 10.0. The van der Waals surface area contributed by atoms with Crippen molar-refractivity contribution in [3.05, 3.63) is 34.2 Å². The van der Waals surface area contributed by atoms with Gasteiger partial charge in [-0.05, 0) is 60.2 Å². The highest BCUT2D eigenvalue weighted by molar-refractivity contribution is 8.18. The first-order valence-electron chi connectivity index (χ1n) is 12.7. The number of thioether (sulfide) groups is 1. The number of rotatable bonds is 9. The van der Waals surface area contributed by atoms with Crippen LogP contribution in [0.4, 0.5) is 4.79 Å². The van der Waals surface area contributed by atoms with Crippen molar-refractivity contribution in [1.82, 2.24) is 5.32 Å². The van der Waals surface area contributed by atoms with Crippen molar-refractivity contribution in [2.45, 2.75) is 83.7 Å².